The molecule has 254 valence electrons. The lowest BCUT2D eigenvalue weighted by atomic mass is 9.79. The summed E-state index contributed by atoms with van der Waals surface area (Å²) in [6, 6.07) is 65.3. The molecule has 2 aliphatic carbocycles. The van der Waals surface area contributed by atoms with E-state index in [1.54, 1.807) is 0 Å². The van der Waals surface area contributed by atoms with E-state index in [-0.39, 0.29) is 10.8 Å². The van der Waals surface area contributed by atoms with Crippen LogP contribution in [0.2, 0.25) is 0 Å². The van der Waals surface area contributed by atoms with Crippen LogP contribution in [0.5, 0.6) is 0 Å². The first-order valence-electron chi connectivity index (χ1n) is 18.8. The van der Waals surface area contributed by atoms with Crippen LogP contribution in [-0.4, -0.2) is 0 Å². The van der Waals surface area contributed by atoms with Gasteiger partial charge in [-0.05, 0) is 108 Å². The highest BCUT2D eigenvalue weighted by atomic mass is 15.1. The largest absolute Gasteiger partial charge is 0.310 e. The van der Waals surface area contributed by atoms with Crippen LogP contribution < -0.4 is 4.90 Å². The smallest absolute Gasteiger partial charge is 0.0546 e. The molecule has 0 unspecified atom stereocenters. The van der Waals surface area contributed by atoms with Crippen molar-refractivity contribution in [2.45, 2.75) is 38.5 Å². The van der Waals surface area contributed by atoms with Crippen LogP contribution in [0, 0.1) is 0 Å². The van der Waals surface area contributed by atoms with Gasteiger partial charge < -0.3 is 4.90 Å². The van der Waals surface area contributed by atoms with Crippen LogP contribution in [-0.2, 0) is 10.8 Å². The van der Waals surface area contributed by atoms with Gasteiger partial charge in [0.15, 0.2) is 0 Å². The van der Waals surface area contributed by atoms with E-state index in [9.17, 15) is 0 Å². The van der Waals surface area contributed by atoms with Crippen LogP contribution in [0.1, 0.15) is 49.9 Å². The standard InChI is InChI=1S/C52H41N/c1-51(2)46-21-13-11-19-40(46)42-30-28-39(32-48(42)51)53(38-26-23-35(24-27-38)34-15-7-5-8-16-34)49-31-37-25-29-43-41-20-12-14-22-47(41)52(3,4)50(43)45(37)33-44(49)36-17-9-6-10-18-36/h5-33H,1-4H3. The topological polar surface area (TPSA) is 3.24 Å². The maximum Gasteiger partial charge on any atom is 0.0546 e. The van der Waals surface area contributed by atoms with E-state index >= 15 is 0 Å². The van der Waals surface area contributed by atoms with Crippen LogP contribution in [0.3, 0.4) is 0 Å². The maximum absolute atomic E-state index is 2.49. The van der Waals surface area contributed by atoms with E-state index < -0.39 is 0 Å². The van der Waals surface area contributed by atoms with Crippen molar-refractivity contribution in [2.75, 3.05) is 4.90 Å². The second kappa shape index (κ2) is 11.7. The molecule has 10 rings (SSSR count). The van der Waals surface area contributed by atoms with Gasteiger partial charge in [0, 0.05) is 27.8 Å². The molecular weight excluding hydrogens is 639 g/mol. The number of hydrogen-bond donors (Lipinski definition) is 0. The average Bonchev–Trinajstić information content (AvgIpc) is 3.58. The minimum Gasteiger partial charge on any atom is -0.310 e. The zero-order valence-corrected chi connectivity index (χ0v) is 30.7. The molecule has 0 heterocycles. The van der Waals surface area contributed by atoms with Crippen LogP contribution >= 0.6 is 0 Å². The Morgan fingerprint density at radius 3 is 1.58 bits per heavy atom. The second-order valence-electron chi connectivity index (χ2n) is 15.8. The highest BCUT2D eigenvalue weighted by Gasteiger charge is 2.38. The molecule has 0 saturated carbocycles. The number of rotatable bonds is 5. The molecule has 0 N–H and O–H groups in total. The molecule has 0 spiro atoms. The third-order valence-electron chi connectivity index (χ3n) is 12.0. The molecule has 0 atom stereocenters. The molecule has 0 bridgehead atoms. The Bertz CT molecular complexity index is 2700. The first-order chi connectivity index (χ1) is 25.8. The van der Waals surface area contributed by atoms with Crippen LogP contribution in [0.15, 0.2) is 176 Å². The Morgan fingerprint density at radius 2 is 0.887 bits per heavy atom. The Hall–Kier alpha value is -6.18. The van der Waals surface area contributed by atoms with Gasteiger partial charge in [-0.1, -0.05) is 167 Å². The van der Waals surface area contributed by atoms with Gasteiger partial charge in [-0.2, -0.15) is 0 Å². The van der Waals surface area contributed by atoms with Crippen molar-refractivity contribution in [1.82, 2.24) is 0 Å². The molecule has 0 amide bonds. The van der Waals surface area contributed by atoms with Crippen molar-refractivity contribution in [3.63, 3.8) is 0 Å². The Labute approximate surface area is 312 Å². The molecule has 1 heteroatoms. The SMILES string of the molecule is CC1(C)c2ccccc2-c2ccc(N(c3ccc(-c4ccccc4)cc3)c3cc4ccc5c(c4cc3-c3ccccc3)C(C)(C)c3ccccc3-5)cc21. The molecule has 0 radical (unpaired) electrons. The molecule has 2 aliphatic rings. The molecule has 8 aromatic rings. The van der Waals surface area contributed by atoms with E-state index in [1.807, 2.05) is 0 Å². The van der Waals surface area contributed by atoms with Gasteiger partial charge in [0.25, 0.3) is 0 Å². The van der Waals surface area contributed by atoms with Gasteiger partial charge >= 0.3 is 0 Å². The summed E-state index contributed by atoms with van der Waals surface area (Å²) in [5.41, 5.74) is 19.0. The second-order valence-corrected chi connectivity index (χ2v) is 15.8. The van der Waals surface area contributed by atoms with Gasteiger partial charge in [-0.15, -0.1) is 0 Å². The number of nitrogens with zero attached hydrogens (tertiary/aromatic N) is 1. The minimum atomic E-state index is -0.117. The Balaban J connectivity index is 1.23. The third kappa shape index (κ3) is 4.77. The minimum absolute atomic E-state index is 0.114. The van der Waals surface area contributed by atoms with Gasteiger partial charge in [0.2, 0.25) is 0 Å². The monoisotopic (exact) mass is 679 g/mol. The lowest BCUT2D eigenvalue weighted by molar-refractivity contribution is 0.660. The van der Waals surface area contributed by atoms with E-state index in [2.05, 4.69) is 209 Å². The molecule has 0 saturated heterocycles. The molecule has 0 aliphatic heterocycles. The number of benzene rings is 8. The number of fused-ring (bicyclic) bond motifs is 8. The molecule has 53 heavy (non-hydrogen) atoms. The summed E-state index contributed by atoms with van der Waals surface area (Å²) < 4.78 is 0. The Morgan fingerprint density at radius 1 is 0.358 bits per heavy atom. The predicted octanol–water partition coefficient (Wildman–Crippen LogP) is 14.3. The lowest BCUT2D eigenvalue weighted by Crippen LogP contribution is -2.17. The zero-order valence-electron chi connectivity index (χ0n) is 30.7. The summed E-state index contributed by atoms with van der Waals surface area (Å²) in [7, 11) is 0. The van der Waals surface area contributed by atoms with Crippen molar-refractivity contribution in [1.29, 1.82) is 0 Å². The summed E-state index contributed by atoms with van der Waals surface area (Å²) in [5, 5.41) is 2.57. The predicted molar refractivity (Wildman–Crippen MR) is 225 cm³/mol. The quantitative estimate of drug-likeness (QED) is 0.175. The highest BCUT2D eigenvalue weighted by molar-refractivity contribution is 6.04. The fraction of sp³-hybridized carbons (Fsp3) is 0.115. The van der Waals surface area contributed by atoms with Gasteiger partial charge in [0.05, 0.1) is 5.69 Å². The summed E-state index contributed by atoms with van der Waals surface area (Å²) in [6.07, 6.45) is 0. The van der Waals surface area contributed by atoms with Crippen LogP contribution in [0.25, 0.3) is 55.3 Å². The highest BCUT2D eigenvalue weighted by Crippen LogP contribution is 2.54. The van der Waals surface area contributed by atoms with Crippen molar-refractivity contribution in [3.8, 4) is 44.5 Å². The first kappa shape index (κ1) is 31.5. The molecular formula is C52H41N. The summed E-state index contributed by atoms with van der Waals surface area (Å²) >= 11 is 0. The van der Waals surface area contributed by atoms with Crippen molar-refractivity contribution in [2.24, 2.45) is 0 Å². The number of anilines is 3. The summed E-state index contributed by atoms with van der Waals surface area (Å²) in [4.78, 5) is 2.49. The fourth-order valence-electron chi connectivity index (χ4n) is 9.38. The fourth-order valence-corrected chi connectivity index (χ4v) is 9.38. The third-order valence-corrected chi connectivity index (χ3v) is 12.0. The van der Waals surface area contributed by atoms with Crippen molar-refractivity contribution >= 4 is 27.8 Å². The van der Waals surface area contributed by atoms with Crippen LogP contribution in [0.4, 0.5) is 17.1 Å². The summed E-state index contributed by atoms with van der Waals surface area (Å²) in [5.74, 6) is 0. The number of hydrogen-bond acceptors (Lipinski definition) is 1. The van der Waals surface area contributed by atoms with E-state index in [4.69, 9.17) is 0 Å². The molecule has 0 aromatic heterocycles. The lowest BCUT2D eigenvalue weighted by Gasteiger charge is -2.31. The van der Waals surface area contributed by atoms with E-state index in [0.29, 0.717) is 0 Å². The first-order valence-corrected chi connectivity index (χ1v) is 18.8. The normalized spacial score (nSPS) is 14.3. The zero-order chi connectivity index (χ0) is 35.9. The van der Waals surface area contributed by atoms with Crippen molar-refractivity contribution in [3.05, 3.63) is 198 Å². The van der Waals surface area contributed by atoms with Gasteiger partial charge in [-0.3, -0.25) is 0 Å². The molecule has 8 aromatic carbocycles. The van der Waals surface area contributed by atoms with E-state index in [1.165, 1.54) is 77.5 Å². The van der Waals surface area contributed by atoms with Gasteiger partial charge in [0.1, 0.15) is 0 Å². The van der Waals surface area contributed by atoms with Crippen molar-refractivity contribution < 1.29 is 0 Å². The maximum atomic E-state index is 2.49. The molecule has 1 nitrogen and oxygen atoms in total. The Kier molecular flexibility index (Phi) is 6.94. The average molecular weight is 680 g/mol. The summed E-state index contributed by atoms with van der Waals surface area (Å²) in [6.45, 7) is 9.51. The van der Waals surface area contributed by atoms with Gasteiger partial charge in [-0.25, -0.2) is 0 Å². The molecule has 0 fully saturated rings. The van der Waals surface area contributed by atoms with E-state index in [0.717, 1.165) is 17.1 Å².